The van der Waals surface area contributed by atoms with E-state index in [9.17, 15) is 22.0 Å². The Morgan fingerprint density at radius 3 is 2.41 bits per heavy atom. The molecular weight excluding hydrogens is 265 g/mol. The molecule has 1 aromatic carbocycles. The van der Waals surface area contributed by atoms with Crippen LogP contribution in [0.4, 0.5) is 22.0 Å². The van der Waals surface area contributed by atoms with Crippen LogP contribution in [0.3, 0.4) is 0 Å². The highest BCUT2D eigenvalue weighted by Gasteiger charge is 2.38. The summed E-state index contributed by atoms with van der Waals surface area (Å²) in [5, 5.41) is 2.39. The second-order valence-corrected chi connectivity index (χ2v) is 3.68. The van der Waals surface area contributed by atoms with Crippen LogP contribution in [0.25, 0.3) is 0 Å². The first-order valence-electron chi connectivity index (χ1n) is 4.60. The maximum atomic E-state index is 13.3. The fraction of sp³-hybridized carbons (Fsp3) is 0.400. The van der Waals surface area contributed by atoms with Crippen LogP contribution < -0.4 is 5.32 Å². The predicted molar refractivity (Wildman–Crippen MR) is 54.3 cm³/mol. The minimum absolute atomic E-state index is 0. The van der Waals surface area contributed by atoms with E-state index in [1.165, 1.54) is 0 Å². The van der Waals surface area contributed by atoms with E-state index in [0.717, 1.165) is 12.1 Å². The van der Waals surface area contributed by atoms with Gasteiger partial charge in [-0.25, -0.2) is 0 Å². The van der Waals surface area contributed by atoms with Crippen LogP contribution in [-0.4, -0.2) is 6.54 Å². The number of benzene rings is 1. The fourth-order valence-electron chi connectivity index (χ4n) is 1.72. The smallest absolute Gasteiger partial charge is 0.307 e. The van der Waals surface area contributed by atoms with Gasteiger partial charge in [0, 0.05) is 12.1 Å². The molecule has 1 nitrogen and oxygen atoms in total. The van der Waals surface area contributed by atoms with Gasteiger partial charge in [0.2, 0.25) is 0 Å². The van der Waals surface area contributed by atoms with E-state index in [4.69, 9.17) is 0 Å². The summed E-state index contributed by atoms with van der Waals surface area (Å²) in [5.41, 5.74) is -1.21. The van der Waals surface area contributed by atoms with E-state index in [0.29, 0.717) is 6.07 Å². The first kappa shape index (κ1) is 14.2. The Kier molecular flexibility index (Phi) is 3.69. The van der Waals surface area contributed by atoms with Gasteiger partial charge in [0.1, 0.15) is 0 Å². The molecule has 96 valence electrons. The number of alkyl halides is 5. The predicted octanol–water partition coefficient (Wildman–Crippen LogP) is 3.32. The van der Waals surface area contributed by atoms with Gasteiger partial charge in [-0.2, -0.15) is 22.0 Å². The third-order valence-electron chi connectivity index (χ3n) is 2.49. The van der Waals surface area contributed by atoms with Crippen LogP contribution in [0.1, 0.15) is 16.7 Å². The Morgan fingerprint density at radius 2 is 1.82 bits per heavy atom. The zero-order valence-electron chi connectivity index (χ0n) is 8.44. The van der Waals surface area contributed by atoms with Crippen molar-refractivity contribution in [2.75, 3.05) is 6.54 Å². The topological polar surface area (TPSA) is 12.0 Å². The third-order valence-corrected chi connectivity index (χ3v) is 2.49. The van der Waals surface area contributed by atoms with Gasteiger partial charge >= 0.3 is 6.18 Å². The number of halogens is 6. The average Bonchev–Trinajstić information content (AvgIpc) is 2.15. The molecule has 1 aliphatic rings. The quantitative estimate of drug-likeness (QED) is 0.715. The lowest BCUT2D eigenvalue weighted by atomic mass is 9.95. The SMILES string of the molecule is Cl.FC(F)(F)c1ccc2c(c1)CNCC2(F)F. The monoisotopic (exact) mass is 273 g/mol. The van der Waals surface area contributed by atoms with Crippen LogP contribution in [0, 0.1) is 0 Å². The number of hydrogen-bond donors (Lipinski definition) is 1. The Labute approximate surface area is 100 Å². The molecular formula is C10H9ClF5N. The van der Waals surface area contributed by atoms with Crippen molar-refractivity contribution in [3.05, 3.63) is 34.9 Å². The Hall–Kier alpha value is -0.880. The van der Waals surface area contributed by atoms with Crippen molar-refractivity contribution in [2.45, 2.75) is 18.6 Å². The van der Waals surface area contributed by atoms with Crippen LogP contribution >= 0.6 is 12.4 Å². The van der Waals surface area contributed by atoms with Gasteiger partial charge < -0.3 is 5.32 Å². The Balaban J connectivity index is 0.00000144. The second kappa shape index (κ2) is 4.42. The van der Waals surface area contributed by atoms with Crippen molar-refractivity contribution in [3.63, 3.8) is 0 Å². The molecule has 1 heterocycles. The molecule has 0 aromatic heterocycles. The van der Waals surface area contributed by atoms with E-state index in [2.05, 4.69) is 5.32 Å². The summed E-state index contributed by atoms with van der Waals surface area (Å²) < 4.78 is 63.6. The number of nitrogens with one attached hydrogen (secondary N) is 1. The molecule has 0 unspecified atom stereocenters. The number of rotatable bonds is 0. The first-order chi connectivity index (χ1) is 7.31. The van der Waals surface area contributed by atoms with Crippen molar-refractivity contribution in [2.24, 2.45) is 0 Å². The van der Waals surface area contributed by atoms with Crippen molar-refractivity contribution in [1.82, 2.24) is 5.32 Å². The summed E-state index contributed by atoms with van der Waals surface area (Å²) in [6.07, 6.45) is -4.50. The Morgan fingerprint density at radius 1 is 1.18 bits per heavy atom. The second-order valence-electron chi connectivity index (χ2n) is 3.68. The first-order valence-corrected chi connectivity index (χ1v) is 4.60. The molecule has 0 atom stereocenters. The molecule has 0 fully saturated rings. The van der Waals surface area contributed by atoms with Crippen molar-refractivity contribution in [1.29, 1.82) is 0 Å². The third kappa shape index (κ3) is 2.69. The Bertz CT molecular complexity index is 416. The summed E-state index contributed by atoms with van der Waals surface area (Å²) in [6.45, 7) is -0.500. The maximum absolute atomic E-state index is 13.3. The summed E-state index contributed by atoms with van der Waals surface area (Å²) in [5.74, 6) is -3.10. The molecule has 7 heteroatoms. The molecule has 0 spiro atoms. The van der Waals surface area contributed by atoms with Crippen LogP contribution in [0.15, 0.2) is 18.2 Å². The molecule has 1 aliphatic heterocycles. The van der Waals surface area contributed by atoms with Gasteiger partial charge in [0.15, 0.2) is 0 Å². The minimum Gasteiger partial charge on any atom is -0.307 e. The van der Waals surface area contributed by atoms with Gasteiger partial charge in [-0.15, -0.1) is 12.4 Å². The summed E-state index contributed by atoms with van der Waals surface area (Å²) >= 11 is 0. The highest BCUT2D eigenvalue weighted by Crippen LogP contribution is 2.37. The lowest BCUT2D eigenvalue weighted by Gasteiger charge is -2.26. The van der Waals surface area contributed by atoms with Gasteiger partial charge in [-0.1, -0.05) is 6.07 Å². The van der Waals surface area contributed by atoms with Crippen LogP contribution in [-0.2, 0) is 18.6 Å². The van der Waals surface area contributed by atoms with Crippen LogP contribution in [0.5, 0.6) is 0 Å². The van der Waals surface area contributed by atoms with Gasteiger partial charge in [0.05, 0.1) is 12.1 Å². The van der Waals surface area contributed by atoms with Crippen molar-refractivity contribution < 1.29 is 22.0 Å². The molecule has 1 N–H and O–H groups in total. The van der Waals surface area contributed by atoms with E-state index in [1.54, 1.807) is 0 Å². The maximum Gasteiger partial charge on any atom is 0.416 e. The highest BCUT2D eigenvalue weighted by molar-refractivity contribution is 5.85. The van der Waals surface area contributed by atoms with E-state index >= 15 is 0 Å². The summed E-state index contributed by atoms with van der Waals surface area (Å²) in [4.78, 5) is 0. The van der Waals surface area contributed by atoms with Gasteiger partial charge in [-0.3, -0.25) is 0 Å². The van der Waals surface area contributed by atoms with Crippen molar-refractivity contribution >= 4 is 12.4 Å². The molecule has 0 radical (unpaired) electrons. The molecule has 2 rings (SSSR count). The molecule has 1 aromatic rings. The minimum atomic E-state index is -4.50. The standard InChI is InChI=1S/C10H8F5N.ClH/c11-9(12)5-16-4-6-3-7(10(13,14)15)1-2-8(6)9;/h1-3,16H,4-5H2;1H. The lowest BCUT2D eigenvalue weighted by molar-refractivity contribution is -0.137. The normalized spacial score (nSPS) is 18.2. The molecule has 0 bridgehead atoms. The summed E-state index contributed by atoms with van der Waals surface area (Å²) in [7, 11) is 0. The van der Waals surface area contributed by atoms with E-state index in [1.807, 2.05) is 0 Å². The number of fused-ring (bicyclic) bond motifs is 1. The average molecular weight is 274 g/mol. The molecule has 0 amide bonds. The lowest BCUT2D eigenvalue weighted by Crippen LogP contribution is -2.36. The summed E-state index contributed by atoms with van der Waals surface area (Å²) in [6, 6.07) is 2.33. The highest BCUT2D eigenvalue weighted by atomic mass is 35.5. The largest absolute Gasteiger partial charge is 0.416 e. The van der Waals surface area contributed by atoms with E-state index in [-0.39, 0.29) is 30.1 Å². The molecule has 0 saturated carbocycles. The van der Waals surface area contributed by atoms with Gasteiger partial charge in [-0.05, 0) is 17.7 Å². The zero-order chi connectivity index (χ0) is 12.0. The van der Waals surface area contributed by atoms with E-state index < -0.39 is 24.2 Å². The number of hydrogen-bond acceptors (Lipinski definition) is 1. The van der Waals surface area contributed by atoms with Crippen LogP contribution in [0.2, 0.25) is 0 Å². The zero-order valence-corrected chi connectivity index (χ0v) is 9.26. The van der Waals surface area contributed by atoms with Crippen molar-refractivity contribution in [3.8, 4) is 0 Å². The fourth-order valence-corrected chi connectivity index (χ4v) is 1.72. The molecule has 0 saturated heterocycles. The molecule has 17 heavy (non-hydrogen) atoms. The molecule has 0 aliphatic carbocycles. The van der Waals surface area contributed by atoms with Gasteiger partial charge in [0.25, 0.3) is 5.92 Å².